The largest absolute Gasteiger partial charge is 0.334 e. The van der Waals surface area contributed by atoms with Gasteiger partial charge in [-0.25, -0.2) is 28.1 Å². The van der Waals surface area contributed by atoms with E-state index in [1.165, 1.54) is 36.0 Å². The average molecular weight is 546 g/mol. The third-order valence-corrected chi connectivity index (χ3v) is 8.39. The molecule has 2 atom stereocenters. The molecule has 1 amide bonds. The molecule has 1 fully saturated rings. The Hall–Kier alpha value is -3.48. The van der Waals surface area contributed by atoms with Crippen molar-refractivity contribution in [3.05, 3.63) is 64.5 Å². The first-order chi connectivity index (χ1) is 18.0. The summed E-state index contributed by atoms with van der Waals surface area (Å²) >= 11 is 0. The minimum atomic E-state index is -4.18. The van der Waals surface area contributed by atoms with Crippen molar-refractivity contribution in [2.45, 2.75) is 50.2 Å². The molecule has 1 aliphatic heterocycles. The number of aromatic nitrogens is 2. The van der Waals surface area contributed by atoms with Crippen molar-refractivity contribution in [1.29, 1.82) is 0 Å². The van der Waals surface area contributed by atoms with E-state index in [4.69, 9.17) is 9.57 Å². The number of carbonyl (C=O) groups is 2. The Bertz CT molecular complexity index is 1570. The topological polar surface area (TPSA) is 134 Å². The van der Waals surface area contributed by atoms with Crippen LogP contribution in [0.2, 0.25) is 0 Å². The van der Waals surface area contributed by atoms with Crippen molar-refractivity contribution in [3.63, 3.8) is 0 Å². The molecule has 4 rings (SSSR count). The van der Waals surface area contributed by atoms with Crippen molar-refractivity contribution in [2.75, 3.05) is 12.9 Å². The summed E-state index contributed by atoms with van der Waals surface area (Å²) in [5.74, 6) is -1.20. The van der Waals surface area contributed by atoms with Crippen LogP contribution < -0.4 is 11.0 Å². The number of halogens is 1. The summed E-state index contributed by atoms with van der Waals surface area (Å²) in [7, 11) is -4.18. The molecule has 1 N–H and O–H groups in total. The summed E-state index contributed by atoms with van der Waals surface area (Å²) in [6.07, 6.45) is 3.79. The molecule has 0 aliphatic carbocycles. The van der Waals surface area contributed by atoms with Gasteiger partial charge in [0.15, 0.2) is 6.29 Å². The Kier molecular flexibility index (Phi) is 7.51. The number of aldehydes is 1. The maximum atomic E-state index is 14.1. The predicted molar refractivity (Wildman–Crippen MR) is 137 cm³/mol. The Balaban J connectivity index is 1.82. The number of hydroxylamine groups is 1. The second-order valence-corrected chi connectivity index (χ2v) is 11.5. The highest BCUT2D eigenvalue weighted by atomic mass is 32.2. The number of amides is 1. The number of benzene rings is 2. The summed E-state index contributed by atoms with van der Waals surface area (Å²) in [5, 5.41) is -2.20. The second-order valence-electron chi connectivity index (χ2n) is 9.44. The Labute approximate surface area is 218 Å². The maximum absolute atomic E-state index is 14.1. The van der Waals surface area contributed by atoms with Crippen molar-refractivity contribution < 1.29 is 32.0 Å². The lowest BCUT2D eigenvalue weighted by Gasteiger charge is -2.48. The lowest BCUT2D eigenvalue weighted by atomic mass is 9.91. The Morgan fingerprint density at radius 2 is 1.97 bits per heavy atom. The number of rotatable bonds is 8. The standard InChI is InChI=1S/C26H28FN3O7S/c1-4-6-23(32)29-37-26(38(3,34)35)25(2,11-5-12-36-26)30-16-28-22-14-18(9-10-20(22)24(30)33)17-7-8-19(15-31)21(27)13-17/h7-10,13-16H,4-6,11-12H2,1-3H3,(H,29,32)/t25-,26-/m1/s1. The average Bonchev–Trinajstić information content (AvgIpc) is 2.87. The van der Waals surface area contributed by atoms with Gasteiger partial charge in [0.2, 0.25) is 15.7 Å². The summed E-state index contributed by atoms with van der Waals surface area (Å²) in [5.41, 5.74) is 1.33. The van der Waals surface area contributed by atoms with Gasteiger partial charge in [0.1, 0.15) is 11.4 Å². The van der Waals surface area contributed by atoms with E-state index in [-0.39, 0.29) is 30.4 Å². The zero-order valence-electron chi connectivity index (χ0n) is 21.2. The number of hydrogen-bond acceptors (Lipinski definition) is 8. The molecule has 10 nitrogen and oxygen atoms in total. The summed E-state index contributed by atoms with van der Waals surface area (Å²) in [6.45, 7) is 3.33. The van der Waals surface area contributed by atoms with Crippen LogP contribution in [0.25, 0.3) is 22.0 Å². The Morgan fingerprint density at radius 3 is 2.63 bits per heavy atom. The van der Waals surface area contributed by atoms with Gasteiger partial charge < -0.3 is 4.74 Å². The van der Waals surface area contributed by atoms with Gasteiger partial charge in [0, 0.05) is 12.7 Å². The molecule has 202 valence electrons. The molecule has 0 saturated carbocycles. The van der Waals surface area contributed by atoms with Gasteiger partial charge in [-0.05, 0) is 61.6 Å². The smallest absolute Gasteiger partial charge is 0.319 e. The fraction of sp³-hybridized carbons (Fsp3) is 0.385. The first kappa shape index (κ1) is 27.6. The highest BCUT2D eigenvalue weighted by Crippen LogP contribution is 2.44. The molecule has 2 heterocycles. The van der Waals surface area contributed by atoms with Gasteiger partial charge in [-0.15, -0.1) is 0 Å². The van der Waals surface area contributed by atoms with Crippen molar-refractivity contribution in [1.82, 2.24) is 15.0 Å². The van der Waals surface area contributed by atoms with Crippen LogP contribution in [0.4, 0.5) is 4.39 Å². The Morgan fingerprint density at radius 1 is 1.26 bits per heavy atom. The molecular weight excluding hydrogens is 517 g/mol. The van der Waals surface area contributed by atoms with Crippen molar-refractivity contribution in [2.24, 2.45) is 0 Å². The second kappa shape index (κ2) is 10.4. The molecular formula is C26H28FN3O7S. The third-order valence-electron chi connectivity index (χ3n) is 6.78. The minimum absolute atomic E-state index is 0.0326. The van der Waals surface area contributed by atoms with Crippen LogP contribution >= 0.6 is 0 Å². The molecule has 2 aromatic carbocycles. The number of ether oxygens (including phenoxy) is 1. The zero-order chi connectivity index (χ0) is 27.7. The van der Waals surface area contributed by atoms with Gasteiger partial charge in [-0.2, -0.15) is 0 Å². The number of nitrogens with zero attached hydrogens (tertiary/aromatic N) is 2. The summed E-state index contributed by atoms with van der Waals surface area (Å²) in [6, 6.07) is 8.89. The lowest BCUT2D eigenvalue weighted by molar-refractivity contribution is -0.276. The van der Waals surface area contributed by atoms with Crippen LogP contribution in [-0.2, 0) is 29.7 Å². The monoisotopic (exact) mass is 545 g/mol. The molecule has 0 bridgehead atoms. The van der Waals surface area contributed by atoms with E-state index in [1.54, 1.807) is 25.1 Å². The van der Waals surface area contributed by atoms with Gasteiger partial charge in [0.05, 0.1) is 29.4 Å². The van der Waals surface area contributed by atoms with Crippen LogP contribution in [-0.4, -0.2) is 48.1 Å². The van der Waals surface area contributed by atoms with Crippen molar-refractivity contribution >= 4 is 32.9 Å². The molecule has 1 saturated heterocycles. The van der Waals surface area contributed by atoms with Gasteiger partial charge >= 0.3 is 5.12 Å². The van der Waals surface area contributed by atoms with Crippen LogP contribution in [0.5, 0.6) is 0 Å². The molecule has 0 unspecified atom stereocenters. The first-order valence-corrected chi connectivity index (χ1v) is 13.9. The van der Waals surface area contributed by atoms with E-state index in [2.05, 4.69) is 10.5 Å². The molecule has 1 aliphatic rings. The van der Waals surface area contributed by atoms with E-state index in [0.717, 1.165) is 6.26 Å². The van der Waals surface area contributed by atoms with Gasteiger partial charge in [0.25, 0.3) is 5.56 Å². The van der Waals surface area contributed by atoms with Gasteiger partial charge in [-0.3, -0.25) is 19.0 Å². The van der Waals surface area contributed by atoms with Crippen LogP contribution in [0, 0.1) is 5.82 Å². The number of carbonyl (C=O) groups excluding carboxylic acids is 2. The SMILES string of the molecule is CCCC(=O)NO[C@]1(S(C)(=O)=O)OCCC[C@@]1(C)n1cnc2cc(-c3ccc(C=O)c(F)c3)ccc2c1=O. The molecule has 0 radical (unpaired) electrons. The first-order valence-electron chi connectivity index (χ1n) is 12.0. The lowest BCUT2D eigenvalue weighted by Crippen LogP contribution is -2.67. The number of hydrogen-bond donors (Lipinski definition) is 1. The number of sulfone groups is 1. The van der Waals surface area contributed by atoms with Crippen LogP contribution in [0.15, 0.2) is 47.5 Å². The van der Waals surface area contributed by atoms with Crippen molar-refractivity contribution in [3.8, 4) is 11.1 Å². The fourth-order valence-corrected chi connectivity index (χ4v) is 6.27. The molecule has 1 aromatic heterocycles. The molecule has 38 heavy (non-hydrogen) atoms. The van der Waals surface area contributed by atoms with E-state index < -0.39 is 37.8 Å². The van der Waals surface area contributed by atoms with Crippen LogP contribution in [0.1, 0.15) is 49.9 Å². The number of nitrogens with one attached hydrogen (secondary N) is 1. The third kappa shape index (κ3) is 4.63. The normalized spacial score (nSPS) is 21.8. The number of fused-ring (bicyclic) bond motifs is 1. The highest BCUT2D eigenvalue weighted by Gasteiger charge is 2.63. The van der Waals surface area contributed by atoms with E-state index in [1.807, 2.05) is 0 Å². The van der Waals surface area contributed by atoms with E-state index in [0.29, 0.717) is 35.8 Å². The zero-order valence-corrected chi connectivity index (χ0v) is 22.0. The predicted octanol–water partition coefficient (Wildman–Crippen LogP) is 3.09. The molecule has 3 aromatic rings. The molecule has 12 heteroatoms. The van der Waals surface area contributed by atoms with Crippen LogP contribution in [0.3, 0.4) is 0 Å². The highest BCUT2D eigenvalue weighted by molar-refractivity contribution is 7.91. The quantitative estimate of drug-likeness (QED) is 0.337. The summed E-state index contributed by atoms with van der Waals surface area (Å²) < 4.78 is 47.3. The van der Waals surface area contributed by atoms with Gasteiger partial charge in [-0.1, -0.05) is 19.1 Å². The van der Waals surface area contributed by atoms with E-state index in [9.17, 15) is 27.2 Å². The maximum Gasteiger partial charge on any atom is 0.319 e. The summed E-state index contributed by atoms with van der Waals surface area (Å²) in [4.78, 5) is 46.7. The molecule has 0 spiro atoms. The minimum Gasteiger partial charge on any atom is -0.334 e. The van der Waals surface area contributed by atoms with E-state index >= 15 is 0 Å². The fourth-order valence-electron chi connectivity index (χ4n) is 4.78.